The van der Waals surface area contributed by atoms with Crippen LogP contribution in [0.2, 0.25) is 10.0 Å². The third-order valence-corrected chi connectivity index (χ3v) is 4.28. The van der Waals surface area contributed by atoms with Crippen LogP contribution in [0.1, 0.15) is 12.6 Å². The van der Waals surface area contributed by atoms with E-state index in [4.69, 9.17) is 27.9 Å². The van der Waals surface area contributed by atoms with E-state index in [1.54, 1.807) is 24.4 Å². The maximum atomic E-state index is 11.4. The Bertz CT molecular complexity index is 640. The number of hydrogen-bond acceptors (Lipinski definition) is 5. The van der Waals surface area contributed by atoms with E-state index in [1.807, 2.05) is 0 Å². The molecule has 0 bridgehead atoms. The first kappa shape index (κ1) is 16.5. The van der Waals surface area contributed by atoms with Gasteiger partial charge in [0.15, 0.2) is 5.13 Å². The van der Waals surface area contributed by atoms with Crippen LogP contribution in [0.4, 0.5) is 10.8 Å². The minimum atomic E-state index is -0.297. The Morgan fingerprint density at radius 2 is 2.10 bits per heavy atom. The molecule has 1 aromatic carbocycles. The summed E-state index contributed by atoms with van der Waals surface area (Å²) in [4.78, 5) is 15.7. The highest BCUT2D eigenvalue weighted by Gasteiger charge is 2.12. The molecule has 0 fully saturated rings. The first-order chi connectivity index (χ1) is 9.99. The highest BCUT2D eigenvalue weighted by Crippen LogP contribution is 2.36. The Labute approximate surface area is 144 Å². The standard InChI is InChI=1S/C13H11BrCl2N2O2S/c1-2-20-11(19)5-8-6-21-13(17-8)18-12-9(15)3-7(14)4-10(12)16/h3-4,6H,2,5H2,1H3,(H,17,18). The van der Waals surface area contributed by atoms with Crippen molar-refractivity contribution in [1.82, 2.24) is 4.98 Å². The maximum Gasteiger partial charge on any atom is 0.311 e. The normalized spacial score (nSPS) is 10.5. The maximum absolute atomic E-state index is 11.4. The molecule has 0 spiro atoms. The van der Waals surface area contributed by atoms with Gasteiger partial charge < -0.3 is 10.1 Å². The van der Waals surface area contributed by atoms with E-state index in [9.17, 15) is 4.79 Å². The van der Waals surface area contributed by atoms with Crippen molar-refractivity contribution in [2.24, 2.45) is 0 Å². The molecular formula is C13H11BrCl2N2O2S. The number of aromatic nitrogens is 1. The van der Waals surface area contributed by atoms with Gasteiger partial charge in [-0.25, -0.2) is 4.98 Å². The number of anilines is 2. The van der Waals surface area contributed by atoms with Gasteiger partial charge in [0, 0.05) is 9.85 Å². The van der Waals surface area contributed by atoms with Crippen LogP contribution in [-0.2, 0) is 16.0 Å². The molecule has 0 atom stereocenters. The van der Waals surface area contributed by atoms with Crippen LogP contribution in [0.3, 0.4) is 0 Å². The van der Waals surface area contributed by atoms with Gasteiger partial charge in [-0.15, -0.1) is 11.3 Å². The Morgan fingerprint density at radius 3 is 2.71 bits per heavy atom. The summed E-state index contributed by atoms with van der Waals surface area (Å²) in [7, 11) is 0. The fraction of sp³-hybridized carbons (Fsp3) is 0.231. The van der Waals surface area contributed by atoms with Crippen LogP contribution in [0.25, 0.3) is 0 Å². The largest absolute Gasteiger partial charge is 0.466 e. The first-order valence-electron chi connectivity index (χ1n) is 6.01. The predicted molar refractivity (Wildman–Crippen MR) is 89.9 cm³/mol. The van der Waals surface area contributed by atoms with Crippen LogP contribution < -0.4 is 5.32 Å². The van der Waals surface area contributed by atoms with Gasteiger partial charge in [0.05, 0.1) is 34.5 Å². The fourth-order valence-electron chi connectivity index (χ4n) is 1.57. The second kappa shape index (κ2) is 7.45. The summed E-state index contributed by atoms with van der Waals surface area (Å²) in [5.74, 6) is -0.297. The minimum Gasteiger partial charge on any atom is -0.466 e. The number of benzene rings is 1. The van der Waals surface area contributed by atoms with Crippen LogP contribution in [0, 0.1) is 0 Å². The Balaban J connectivity index is 2.11. The van der Waals surface area contributed by atoms with Crippen molar-refractivity contribution in [2.45, 2.75) is 13.3 Å². The van der Waals surface area contributed by atoms with Gasteiger partial charge in [-0.05, 0) is 19.1 Å². The third kappa shape index (κ3) is 4.57. The van der Waals surface area contributed by atoms with E-state index >= 15 is 0 Å². The lowest BCUT2D eigenvalue weighted by atomic mass is 10.3. The molecule has 0 radical (unpaired) electrons. The van der Waals surface area contributed by atoms with Crippen LogP contribution in [0.15, 0.2) is 22.0 Å². The van der Waals surface area contributed by atoms with Crippen molar-refractivity contribution in [3.8, 4) is 0 Å². The molecule has 1 aromatic heterocycles. The zero-order chi connectivity index (χ0) is 15.4. The summed E-state index contributed by atoms with van der Waals surface area (Å²) in [6, 6.07) is 3.48. The number of rotatable bonds is 5. The van der Waals surface area contributed by atoms with E-state index in [0.29, 0.717) is 33.2 Å². The number of nitrogens with zero attached hydrogens (tertiary/aromatic N) is 1. The number of carbonyl (C=O) groups is 1. The molecule has 2 rings (SSSR count). The fourth-order valence-corrected chi connectivity index (χ4v) is 3.59. The molecule has 1 N–H and O–H groups in total. The number of halogens is 3. The molecule has 21 heavy (non-hydrogen) atoms. The molecule has 0 saturated heterocycles. The smallest absolute Gasteiger partial charge is 0.311 e. The average Bonchev–Trinajstić information content (AvgIpc) is 2.81. The summed E-state index contributed by atoms with van der Waals surface area (Å²) in [5.41, 5.74) is 1.23. The second-order valence-corrected chi connectivity index (χ2v) is 6.58. The average molecular weight is 410 g/mol. The summed E-state index contributed by atoms with van der Waals surface area (Å²) in [6.07, 6.45) is 0.147. The lowest BCUT2D eigenvalue weighted by Gasteiger charge is -2.08. The van der Waals surface area contributed by atoms with Gasteiger partial charge in [-0.3, -0.25) is 4.79 Å². The zero-order valence-corrected chi connectivity index (χ0v) is 14.9. The molecule has 8 heteroatoms. The molecule has 0 aliphatic rings. The van der Waals surface area contributed by atoms with E-state index in [2.05, 4.69) is 26.2 Å². The molecule has 4 nitrogen and oxygen atoms in total. The molecule has 2 aromatic rings. The molecule has 112 valence electrons. The summed E-state index contributed by atoms with van der Waals surface area (Å²) in [6.45, 7) is 2.13. The van der Waals surface area contributed by atoms with Crippen LogP contribution in [-0.4, -0.2) is 17.6 Å². The van der Waals surface area contributed by atoms with Gasteiger partial charge in [-0.1, -0.05) is 39.1 Å². The van der Waals surface area contributed by atoms with Gasteiger partial charge in [-0.2, -0.15) is 0 Å². The van der Waals surface area contributed by atoms with Gasteiger partial charge >= 0.3 is 5.97 Å². The Kier molecular flexibility index (Phi) is 5.87. The zero-order valence-electron chi connectivity index (χ0n) is 11.0. The highest BCUT2D eigenvalue weighted by molar-refractivity contribution is 9.10. The third-order valence-electron chi connectivity index (χ3n) is 2.42. The monoisotopic (exact) mass is 408 g/mol. The van der Waals surface area contributed by atoms with Crippen LogP contribution >= 0.6 is 50.5 Å². The Morgan fingerprint density at radius 1 is 1.43 bits per heavy atom. The van der Waals surface area contributed by atoms with Crippen molar-refractivity contribution in [3.63, 3.8) is 0 Å². The molecule has 1 heterocycles. The lowest BCUT2D eigenvalue weighted by molar-refractivity contribution is -0.142. The number of carbonyl (C=O) groups excluding carboxylic acids is 1. The number of ether oxygens (including phenoxy) is 1. The number of hydrogen-bond donors (Lipinski definition) is 1. The lowest BCUT2D eigenvalue weighted by Crippen LogP contribution is -2.07. The van der Waals surface area contributed by atoms with E-state index < -0.39 is 0 Å². The summed E-state index contributed by atoms with van der Waals surface area (Å²) in [5, 5.41) is 6.43. The van der Waals surface area contributed by atoms with Gasteiger partial charge in [0.25, 0.3) is 0 Å². The quantitative estimate of drug-likeness (QED) is 0.701. The molecule has 0 unspecified atom stereocenters. The number of nitrogens with one attached hydrogen (secondary N) is 1. The molecular weight excluding hydrogens is 399 g/mol. The highest BCUT2D eigenvalue weighted by atomic mass is 79.9. The van der Waals surface area contributed by atoms with Gasteiger partial charge in [0.1, 0.15) is 0 Å². The van der Waals surface area contributed by atoms with E-state index in [1.165, 1.54) is 11.3 Å². The topological polar surface area (TPSA) is 51.2 Å². The van der Waals surface area contributed by atoms with Gasteiger partial charge in [0.2, 0.25) is 0 Å². The van der Waals surface area contributed by atoms with Crippen molar-refractivity contribution in [2.75, 3.05) is 11.9 Å². The molecule has 0 saturated carbocycles. The Hall–Kier alpha value is -0.820. The number of esters is 1. The molecule has 0 aliphatic carbocycles. The van der Waals surface area contributed by atoms with E-state index in [-0.39, 0.29) is 12.4 Å². The van der Waals surface area contributed by atoms with Crippen molar-refractivity contribution in [1.29, 1.82) is 0 Å². The second-order valence-electron chi connectivity index (χ2n) is 4.00. The SMILES string of the molecule is CCOC(=O)Cc1csc(Nc2c(Cl)cc(Br)cc2Cl)n1. The van der Waals surface area contributed by atoms with Crippen molar-refractivity contribution < 1.29 is 9.53 Å². The van der Waals surface area contributed by atoms with Crippen LogP contribution in [0.5, 0.6) is 0 Å². The number of thiazole rings is 1. The van der Waals surface area contributed by atoms with E-state index in [0.717, 1.165) is 4.47 Å². The summed E-state index contributed by atoms with van der Waals surface area (Å²) >= 11 is 17.0. The first-order valence-corrected chi connectivity index (χ1v) is 8.44. The van der Waals surface area contributed by atoms with Crippen molar-refractivity contribution >= 4 is 67.3 Å². The molecule has 0 aliphatic heterocycles. The summed E-state index contributed by atoms with van der Waals surface area (Å²) < 4.78 is 5.68. The molecule has 0 amide bonds. The van der Waals surface area contributed by atoms with Crippen molar-refractivity contribution in [3.05, 3.63) is 37.7 Å². The predicted octanol–water partition coefficient (Wildman–Crippen LogP) is 5.06. The minimum absolute atomic E-state index is 0.147.